The average Bonchev–Trinajstić information content (AvgIpc) is 2.45. The first-order valence-electron chi connectivity index (χ1n) is 5.83. The molecule has 0 aliphatic heterocycles. The van der Waals surface area contributed by atoms with Crippen molar-refractivity contribution in [3.05, 3.63) is 25.3 Å². The van der Waals surface area contributed by atoms with Crippen molar-refractivity contribution < 1.29 is 19.1 Å². The molecule has 8 heteroatoms. The molecule has 0 bridgehead atoms. The summed E-state index contributed by atoms with van der Waals surface area (Å²) in [6.45, 7) is 7.15. The van der Waals surface area contributed by atoms with E-state index < -0.39 is 24.0 Å². The predicted molar refractivity (Wildman–Crippen MR) is 83.2 cm³/mol. The number of hydrogen-bond donors (Lipinski definition) is 2. The van der Waals surface area contributed by atoms with Gasteiger partial charge >= 0.3 is 11.9 Å². The average molecular weight is 320 g/mol. The molecule has 0 fully saturated rings. The highest BCUT2D eigenvalue weighted by atomic mass is 33.1. The fourth-order valence-corrected chi connectivity index (χ4v) is 3.09. The van der Waals surface area contributed by atoms with Crippen molar-refractivity contribution in [2.75, 3.05) is 24.7 Å². The number of rotatable bonds is 11. The molecule has 20 heavy (non-hydrogen) atoms. The standard InChI is InChI=1S/C12H20N2O4S2/c1-3-5-17-11(15)9(13)7-19-20-8-10(14)12(16)18-6-4-2/h3-4,9-10H,1-2,5-8,13-14H2/t9-,10-/m0/s1. The monoisotopic (exact) mass is 320 g/mol. The molecule has 6 nitrogen and oxygen atoms in total. The third-order valence-electron chi connectivity index (χ3n) is 1.87. The molecule has 0 aromatic rings. The first-order chi connectivity index (χ1) is 9.52. The molecule has 0 spiro atoms. The summed E-state index contributed by atoms with van der Waals surface area (Å²) >= 11 is 0. The molecule has 0 saturated carbocycles. The van der Waals surface area contributed by atoms with Gasteiger partial charge in [-0.15, -0.1) is 0 Å². The summed E-state index contributed by atoms with van der Waals surface area (Å²) in [5.74, 6) is -0.218. The largest absolute Gasteiger partial charge is 0.460 e. The molecule has 0 saturated heterocycles. The van der Waals surface area contributed by atoms with E-state index in [-0.39, 0.29) is 13.2 Å². The van der Waals surface area contributed by atoms with E-state index in [2.05, 4.69) is 13.2 Å². The van der Waals surface area contributed by atoms with Gasteiger partial charge in [0.05, 0.1) is 0 Å². The lowest BCUT2D eigenvalue weighted by Gasteiger charge is -2.11. The molecular weight excluding hydrogens is 300 g/mol. The summed E-state index contributed by atoms with van der Waals surface area (Å²) in [4.78, 5) is 22.7. The summed E-state index contributed by atoms with van der Waals surface area (Å²) in [6.07, 6.45) is 2.95. The minimum Gasteiger partial charge on any atom is -0.460 e. The molecule has 0 amide bonds. The number of carbonyl (C=O) groups excluding carboxylic acids is 2. The van der Waals surface area contributed by atoms with Crippen LogP contribution in [0.5, 0.6) is 0 Å². The molecule has 0 radical (unpaired) electrons. The van der Waals surface area contributed by atoms with Gasteiger partial charge in [0.15, 0.2) is 0 Å². The van der Waals surface area contributed by atoms with E-state index in [0.717, 1.165) is 0 Å². The van der Waals surface area contributed by atoms with Crippen LogP contribution in [0.3, 0.4) is 0 Å². The number of nitrogens with two attached hydrogens (primary N) is 2. The van der Waals surface area contributed by atoms with Crippen LogP contribution in [0.25, 0.3) is 0 Å². The van der Waals surface area contributed by atoms with Gasteiger partial charge in [0, 0.05) is 11.5 Å². The summed E-state index contributed by atoms with van der Waals surface area (Å²) in [7, 11) is 2.70. The second kappa shape index (κ2) is 11.8. The molecule has 4 N–H and O–H groups in total. The molecule has 2 atom stereocenters. The van der Waals surface area contributed by atoms with Gasteiger partial charge in [0.1, 0.15) is 25.3 Å². The number of carbonyl (C=O) groups is 2. The van der Waals surface area contributed by atoms with Gasteiger partial charge in [-0.3, -0.25) is 9.59 Å². The van der Waals surface area contributed by atoms with Crippen LogP contribution in [0.4, 0.5) is 0 Å². The van der Waals surface area contributed by atoms with E-state index >= 15 is 0 Å². The van der Waals surface area contributed by atoms with Crippen molar-refractivity contribution in [3.8, 4) is 0 Å². The molecule has 0 unspecified atom stereocenters. The zero-order valence-electron chi connectivity index (χ0n) is 11.2. The summed E-state index contributed by atoms with van der Waals surface area (Å²) in [5.41, 5.74) is 11.2. The quantitative estimate of drug-likeness (QED) is 0.245. The van der Waals surface area contributed by atoms with Crippen LogP contribution in [0.15, 0.2) is 25.3 Å². The van der Waals surface area contributed by atoms with Crippen LogP contribution in [0, 0.1) is 0 Å². The van der Waals surface area contributed by atoms with E-state index in [1.54, 1.807) is 0 Å². The van der Waals surface area contributed by atoms with Crippen molar-refractivity contribution in [3.63, 3.8) is 0 Å². The maximum absolute atomic E-state index is 11.3. The van der Waals surface area contributed by atoms with E-state index in [9.17, 15) is 9.59 Å². The van der Waals surface area contributed by atoms with Gasteiger partial charge in [-0.25, -0.2) is 0 Å². The highest BCUT2D eigenvalue weighted by Gasteiger charge is 2.17. The highest BCUT2D eigenvalue weighted by Crippen LogP contribution is 2.22. The minimum atomic E-state index is -0.712. The SMILES string of the molecule is C=CCOC(=O)[C@@H](N)CSSC[C@H](N)C(=O)OCC=C. The Bertz CT molecular complexity index is 307. The Balaban J connectivity index is 3.73. The Morgan fingerprint density at radius 2 is 1.30 bits per heavy atom. The van der Waals surface area contributed by atoms with E-state index in [1.165, 1.54) is 33.7 Å². The molecular formula is C12H20N2O4S2. The minimum absolute atomic E-state index is 0.143. The van der Waals surface area contributed by atoms with Gasteiger partial charge in [-0.2, -0.15) is 0 Å². The summed E-state index contributed by atoms with van der Waals surface area (Å²) in [5, 5.41) is 0. The van der Waals surface area contributed by atoms with Crippen LogP contribution < -0.4 is 11.5 Å². The Morgan fingerprint density at radius 1 is 0.950 bits per heavy atom. The number of hydrogen-bond acceptors (Lipinski definition) is 8. The van der Waals surface area contributed by atoms with Gasteiger partial charge in [-0.1, -0.05) is 46.9 Å². The van der Waals surface area contributed by atoms with Gasteiger partial charge < -0.3 is 20.9 Å². The van der Waals surface area contributed by atoms with Crippen molar-refractivity contribution >= 4 is 33.5 Å². The summed E-state index contributed by atoms with van der Waals surface area (Å²) < 4.78 is 9.60. The fourth-order valence-electron chi connectivity index (χ4n) is 0.875. The molecule has 0 aromatic heterocycles. The normalized spacial score (nSPS) is 13.1. The zero-order valence-corrected chi connectivity index (χ0v) is 12.8. The molecule has 0 heterocycles. The Morgan fingerprint density at radius 3 is 1.60 bits per heavy atom. The maximum atomic E-state index is 11.3. The second-order valence-corrected chi connectivity index (χ2v) is 6.17. The zero-order chi connectivity index (χ0) is 15.4. The highest BCUT2D eigenvalue weighted by molar-refractivity contribution is 8.76. The predicted octanol–water partition coefficient (Wildman–Crippen LogP) is 0.481. The molecule has 114 valence electrons. The topological polar surface area (TPSA) is 105 Å². The van der Waals surface area contributed by atoms with Crippen molar-refractivity contribution in [2.45, 2.75) is 12.1 Å². The maximum Gasteiger partial charge on any atom is 0.324 e. The first-order valence-corrected chi connectivity index (χ1v) is 8.32. The Kier molecular flexibility index (Phi) is 11.3. The van der Waals surface area contributed by atoms with Crippen LogP contribution in [0.2, 0.25) is 0 Å². The summed E-state index contributed by atoms with van der Waals surface area (Å²) in [6, 6.07) is -1.42. The van der Waals surface area contributed by atoms with Crippen molar-refractivity contribution in [1.82, 2.24) is 0 Å². The van der Waals surface area contributed by atoms with Crippen LogP contribution in [0.1, 0.15) is 0 Å². The van der Waals surface area contributed by atoms with Crippen molar-refractivity contribution in [1.29, 1.82) is 0 Å². The van der Waals surface area contributed by atoms with Crippen LogP contribution >= 0.6 is 21.6 Å². The molecule has 0 aromatic carbocycles. The molecule has 0 aliphatic carbocycles. The lowest BCUT2D eigenvalue weighted by atomic mass is 10.4. The van der Waals surface area contributed by atoms with Gasteiger partial charge in [-0.05, 0) is 0 Å². The van der Waals surface area contributed by atoms with Gasteiger partial charge in [0.2, 0.25) is 0 Å². The van der Waals surface area contributed by atoms with E-state index in [0.29, 0.717) is 11.5 Å². The fraction of sp³-hybridized carbons (Fsp3) is 0.500. The molecule has 0 rings (SSSR count). The third kappa shape index (κ3) is 9.03. The molecule has 0 aliphatic rings. The Labute approximate surface area is 126 Å². The Hall–Kier alpha value is -0.960. The first kappa shape index (κ1) is 19.0. The van der Waals surface area contributed by atoms with E-state index in [4.69, 9.17) is 20.9 Å². The third-order valence-corrected chi connectivity index (χ3v) is 4.34. The van der Waals surface area contributed by atoms with Crippen molar-refractivity contribution in [2.24, 2.45) is 11.5 Å². The lowest BCUT2D eigenvalue weighted by molar-refractivity contribution is -0.144. The smallest absolute Gasteiger partial charge is 0.324 e. The van der Waals surface area contributed by atoms with Crippen LogP contribution in [-0.2, 0) is 19.1 Å². The van der Waals surface area contributed by atoms with Gasteiger partial charge in [0.25, 0.3) is 0 Å². The number of esters is 2. The second-order valence-electron chi connectivity index (χ2n) is 3.62. The number of ether oxygens (including phenoxy) is 2. The van der Waals surface area contributed by atoms with E-state index in [1.807, 2.05) is 0 Å². The van der Waals surface area contributed by atoms with Crippen LogP contribution in [-0.4, -0.2) is 48.7 Å². The lowest BCUT2D eigenvalue weighted by Crippen LogP contribution is -2.35.